The molecule has 1 fully saturated rings. The number of carbonyl (C=O) groups excluding carboxylic acids is 1. The molecule has 1 amide bonds. The first-order valence-electron chi connectivity index (χ1n) is 9.28. The van der Waals surface area contributed by atoms with E-state index in [-0.39, 0.29) is 23.3 Å². The van der Waals surface area contributed by atoms with Crippen LogP contribution in [0.3, 0.4) is 0 Å². The molecule has 0 radical (unpaired) electrons. The summed E-state index contributed by atoms with van der Waals surface area (Å²) < 4.78 is 39.5. The van der Waals surface area contributed by atoms with Crippen LogP contribution in [0, 0.1) is 12.8 Å². The van der Waals surface area contributed by atoms with Crippen molar-refractivity contribution in [3.8, 4) is 10.6 Å². The molecule has 2 heterocycles. The van der Waals surface area contributed by atoms with Crippen LogP contribution in [0.4, 0.5) is 13.2 Å². The van der Waals surface area contributed by atoms with Gasteiger partial charge in [0.1, 0.15) is 0 Å². The summed E-state index contributed by atoms with van der Waals surface area (Å²) in [6, 6.07) is 9.60. The zero-order chi connectivity index (χ0) is 20.6. The van der Waals surface area contributed by atoms with Crippen molar-refractivity contribution in [1.82, 2.24) is 10.3 Å². The van der Waals surface area contributed by atoms with Gasteiger partial charge in [0.05, 0.1) is 21.1 Å². The molecule has 3 nitrogen and oxygen atoms in total. The summed E-state index contributed by atoms with van der Waals surface area (Å²) in [6.07, 6.45) is -3.24. The highest BCUT2D eigenvalue weighted by atomic mass is 32.1. The molecular formula is C21H19F3N2OS2. The van der Waals surface area contributed by atoms with Crippen LogP contribution < -0.4 is 5.32 Å². The Morgan fingerprint density at radius 2 is 2.03 bits per heavy atom. The number of carbonyl (C=O) groups is 1. The molecule has 0 aliphatic heterocycles. The van der Waals surface area contributed by atoms with Crippen molar-refractivity contribution in [1.29, 1.82) is 0 Å². The topological polar surface area (TPSA) is 42.0 Å². The Balaban J connectivity index is 1.30. The molecule has 2 unspecified atom stereocenters. The van der Waals surface area contributed by atoms with Crippen LogP contribution in [0.25, 0.3) is 10.6 Å². The predicted octanol–water partition coefficient (Wildman–Crippen LogP) is 5.66. The van der Waals surface area contributed by atoms with E-state index in [1.54, 1.807) is 28.7 Å². The Morgan fingerprint density at radius 1 is 1.24 bits per heavy atom. The molecule has 3 aromatic rings. The van der Waals surface area contributed by atoms with Gasteiger partial charge >= 0.3 is 6.18 Å². The van der Waals surface area contributed by atoms with Crippen LogP contribution in [0.15, 0.2) is 41.8 Å². The van der Waals surface area contributed by atoms with Crippen molar-refractivity contribution in [3.63, 3.8) is 0 Å². The van der Waals surface area contributed by atoms with Gasteiger partial charge < -0.3 is 5.32 Å². The number of benzene rings is 1. The average molecular weight is 437 g/mol. The summed E-state index contributed by atoms with van der Waals surface area (Å²) in [6.45, 7) is 2.44. The fourth-order valence-electron chi connectivity index (χ4n) is 3.47. The second-order valence-corrected chi connectivity index (χ2v) is 9.32. The van der Waals surface area contributed by atoms with Gasteiger partial charge in [-0.2, -0.15) is 13.2 Å². The number of hydrogen-bond donors (Lipinski definition) is 1. The van der Waals surface area contributed by atoms with E-state index in [0.717, 1.165) is 26.5 Å². The van der Waals surface area contributed by atoms with Crippen molar-refractivity contribution >= 4 is 28.6 Å². The van der Waals surface area contributed by atoms with Gasteiger partial charge in [0, 0.05) is 22.7 Å². The molecule has 29 heavy (non-hydrogen) atoms. The van der Waals surface area contributed by atoms with Gasteiger partial charge in [0.15, 0.2) is 0 Å². The number of hydrogen-bond acceptors (Lipinski definition) is 4. The van der Waals surface area contributed by atoms with Gasteiger partial charge in [-0.25, -0.2) is 4.98 Å². The smallest absolute Gasteiger partial charge is 0.355 e. The number of halogens is 3. The minimum absolute atomic E-state index is 0.168. The van der Waals surface area contributed by atoms with Crippen molar-refractivity contribution in [3.05, 3.63) is 62.8 Å². The van der Waals surface area contributed by atoms with Crippen LogP contribution in [-0.2, 0) is 17.4 Å². The molecule has 152 valence electrons. The Kier molecular flexibility index (Phi) is 5.48. The lowest BCUT2D eigenvalue weighted by Crippen LogP contribution is -2.27. The minimum atomic E-state index is -4.40. The summed E-state index contributed by atoms with van der Waals surface area (Å²) in [5, 5.41) is 5.93. The second kappa shape index (κ2) is 7.91. The number of nitrogens with one attached hydrogen (secondary N) is 1. The lowest BCUT2D eigenvalue weighted by molar-refractivity contribution is -0.138. The standard InChI is InChI=1S/C21H19F3N2OS2/c1-12-26-18(11-28-12)19-7-6-13(29-19)8-9-25-20(27)16-10-15(16)14-4-2-3-5-17(14)21(22,23)24/h2-7,11,15-16H,8-10H2,1H3,(H,25,27). The van der Waals surface area contributed by atoms with E-state index in [9.17, 15) is 18.0 Å². The summed E-state index contributed by atoms with van der Waals surface area (Å²) in [5.41, 5.74) is 0.558. The maximum absolute atomic E-state index is 13.2. The first kappa shape index (κ1) is 20.1. The fraction of sp³-hybridized carbons (Fsp3) is 0.333. The molecular weight excluding hydrogens is 417 g/mol. The summed E-state index contributed by atoms with van der Waals surface area (Å²) in [7, 11) is 0. The van der Waals surface area contributed by atoms with Crippen LogP contribution in [0.5, 0.6) is 0 Å². The van der Waals surface area contributed by atoms with Crippen LogP contribution in [0.1, 0.15) is 33.4 Å². The van der Waals surface area contributed by atoms with Crippen LogP contribution in [-0.4, -0.2) is 17.4 Å². The Morgan fingerprint density at radius 3 is 2.76 bits per heavy atom. The van der Waals surface area contributed by atoms with E-state index in [4.69, 9.17) is 0 Å². The Hall–Kier alpha value is -2.19. The van der Waals surface area contributed by atoms with E-state index >= 15 is 0 Å². The number of thiophene rings is 1. The van der Waals surface area contributed by atoms with Gasteiger partial charge in [-0.1, -0.05) is 18.2 Å². The van der Waals surface area contributed by atoms with Crippen LogP contribution in [0.2, 0.25) is 0 Å². The molecule has 1 N–H and O–H groups in total. The molecule has 1 aromatic carbocycles. The fourth-order valence-corrected chi connectivity index (χ4v) is 5.13. The maximum atomic E-state index is 13.2. The monoisotopic (exact) mass is 436 g/mol. The summed E-state index contributed by atoms with van der Waals surface area (Å²) in [4.78, 5) is 19.1. The summed E-state index contributed by atoms with van der Waals surface area (Å²) >= 11 is 3.25. The number of nitrogens with zero attached hydrogens (tertiary/aromatic N) is 1. The third-order valence-electron chi connectivity index (χ3n) is 5.00. The third kappa shape index (κ3) is 4.53. The molecule has 0 saturated heterocycles. The lowest BCUT2D eigenvalue weighted by Gasteiger charge is -2.12. The van der Waals surface area contributed by atoms with Gasteiger partial charge in [0.25, 0.3) is 0 Å². The molecule has 0 spiro atoms. The van der Waals surface area contributed by atoms with E-state index in [1.807, 2.05) is 24.4 Å². The van der Waals surface area contributed by atoms with Gasteiger partial charge in [0.2, 0.25) is 5.91 Å². The van der Waals surface area contributed by atoms with E-state index in [1.165, 1.54) is 12.1 Å². The number of amides is 1. The number of thiazole rings is 1. The number of alkyl halides is 3. The first-order chi connectivity index (χ1) is 13.8. The number of aromatic nitrogens is 1. The average Bonchev–Trinajstić information content (AvgIpc) is 3.14. The molecule has 8 heteroatoms. The molecule has 2 aromatic heterocycles. The van der Waals surface area contributed by atoms with Crippen molar-refractivity contribution in [2.24, 2.45) is 5.92 Å². The van der Waals surface area contributed by atoms with Gasteiger partial charge in [-0.3, -0.25) is 4.79 Å². The number of aryl methyl sites for hydroxylation is 1. The van der Waals surface area contributed by atoms with Crippen molar-refractivity contribution < 1.29 is 18.0 Å². The van der Waals surface area contributed by atoms with Crippen LogP contribution >= 0.6 is 22.7 Å². The highest BCUT2D eigenvalue weighted by Crippen LogP contribution is 2.51. The molecule has 0 bridgehead atoms. The highest BCUT2D eigenvalue weighted by Gasteiger charge is 2.47. The predicted molar refractivity (Wildman–Crippen MR) is 109 cm³/mol. The molecule has 1 saturated carbocycles. The third-order valence-corrected chi connectivity index (χ3v) is 6.94. The summed E-state index contributed by atoms with van der Waals surface area (Å²) in [5.74, 6) is -0.900. The molecule has 1 aliphatic carbocycles. The van der Waals surface area contributed by atoms with E-state index in [0.29, 0.717) is 19.4 Å². The largest absolute Gasteiger partial charge is 0.416 e. The Labute approximate surface area is 174 Å². The van der Waals surface area contributed by atoms with Crippen molar-refractivity contribution in [2.45, 2.75) is 31.9 Å². The van der Waals surface area contributed by atoms with E-state index in [2.05, 4.69) is 10.3 Å². The molecule has 2 atom stereocenters. The second-order valence-electron chi connectivity index (χ2n) is 7.09. The number of rotatable bonds is 6. The van der Waals surface area contributed by atoms with Gasteiger partial charge in [-0.05, 0) is 49.4 Å². The maximum Gasteiger partial charge on any atom is 0.416 e. The highest BCUT2D eigenvalue weighted by molar-refractivity contribution is 7.16. The molecule has 4 rings (SSSR count). The molecule has 1 aliphatic rings. The normalized spacial score (nSPS) is 18.6. The SMILES string of the molecule is Cc1nc(-c2ccc(CCNC(=O)C3CC3c3ccccc3C(F)(F)F)s2)cs1. The zero-order valence-corrected chi connectivity index (χ0v) is 17.3. The first-order valence-corrected chi connectivity index (χ1v) is 11.0. The van der Waals surface area contributed by atoms with E-state index < -0.39 is 11.7 Å². The minimum Gasteiger partial charge on any atom is -0.355 e. The zero-order valence-electron chi connectivity index (χ0n) is 15.6. The Bertz CT molecular complexity index is 1020. The van der Waals surface area contributed by atoms with Gasteiger partial charge in [-0.15, -0.1) is 22.7 Å². The lowest BCUT2D eigenvalue weighted by atomic mass is 10.0. The van der Waals surface area contributed by atoms with Crippen molar-refractivity contribution in [2.75, 3.05) is 6.54 Å². The quantitative estimate of drug-likeness (QED) is 0.542.